The van der Waals surface area contributed by atoms with Gasteiger partial charge in [-0.25, -0.2) is 4.39 Å². The van der Waals surface area contributed by atoms with Crippen LogP contribution in [0.5, 0.6) is 0 Å². The van der Waals surface area contributed by atoms with Crippen molar-refractivity contribution in [1.29, 1.82) is 0 Å². The molecule has 6 heteroatoms. The molecular weight excluding hydrogens is 754 g/mol. The van der Waals surface area contributed by atoms with E-state index in [1.165, 1.54) is 31.8 Å². The molecule has 5 aromatic rings. The van der Waals surface area contributed by atoms with Crippen molar-refractivity contribution in [1.82, 2.24) is 4.98 Å². The van der Waals surface area contributed by atoms with E-state index in [-0.39, 0.29) is 49.7 Å². The summed E-state index contributed by atoms with van der Waals surface area (Å²) in [5.41, 5.74) is 3.13. The fourth-order valence-electron chi connectivity index (χ4n) is 7.41. The van der Waals surface area contributed by atoms with Gasteiger partial charge in [-0.15, -0.1) is 17.7 Å². The summed E-state index contributed by atoms with van der Waals surface area (Å²) in [5, 5.41) is 13.0. The molecule has 0 aliphatic heterocycles. The molecule has 3 aliphatic carbocycles. The molecule has 46 heavy (non-hydrogen) atoms. The number of halogens is 1. The van der Waals surface area contributed by atoms with Gasteiger partial charge in [-0.2, -0.15) is 0 Å². The zero-order valence-corrected chi connectivity index (χ0v) is 28.2. The van der Waals surface area contributed by atoms with Gasteiger partial charge in [0, 0.05) is 55.1 Å². The molecule has 1 radical (unpaired) electrons. The van der Waals surface area contributed by atoms with Crippen LogP contribution in [0.25, 0.3) is 44.0 Å². The third-order valence-electron chi connectivity index (χ3n) is 9.87. The number of hydrogen-bond acceptors (Lipinski definition) is 4. The molecule has 1 N–H and O–H groups in total. The number of nitrogens with zero attached hydrogens (tertiary/aromatic N) is 1. The average molecular weight is 799 g/mol. The van der Waals surface area contributed by atoms with Gasteiger partial charge in [0.1, 0.15) is 11.8 Å². The predicted molar refractivity (Wildman–Crippen MR) is 179 cm³/mol. The van der Waals surface area contributed by atoms with Crippen molar-refractivity contribution in [3.8, 4) is 11.3 Å². The first-order chi connectivity index (χ1) is 23.5. The standard InChI is InChI=1S/C27H21FNO.C13H20O2.Ir/c1-16-12-23-22-4-2-3-5-25(22)30-27(23)24(13-16)26-21-9-7-17(14-19(21)10-11-29-26)18-6-8-20(28)15-18;14-12(10-5-1-2-6-10)9-13(15)11-7-3-4-8-11;/h2-5,7,9-12,14,18,20H,6,8,15H2,1H3;9-11,14H,1-8H2;/q-1;;/b;12-9-;/i1D3,18D;;. The number of carbonyl (C=O) groups excluding carboxylic acids is 1. The number of aryl methyl sites for hydroxylation is 1. The summed E-state index contributed by atoms with van der Waals surface area (Å²) in [6.45, 7) is -2.35. The molecular formula is C40H41FIrNO3-. The summed E-state index contributed by atoms with van der Waals surface area (Å²) >= 11 is 0. The van der Waals surface area contributed by atoms with Gasteiger partial charge in [-0.1, -0.05) is 79.9 Å². The molecule has 0 bridgehead atoms. The first kappa shape index (κ1) is 27.7. The number of benzene rings is 3. The number of alkyl halides is 1. The minimum atomic E-state index is -2.35. The number of furan rings is 1. The molecule has 2 atom stereocenters. The van der Waals surface area contributed by atoms with Gasteiger partial charge in [-0.3, -0.25) is 4.79 Å². The SMILES string of the molecule is O=C(/C=C(\O)C1CCCC1)C1CCCC1.[2H]C([2H])([2H])c1[c-]c(-c2nccc3cc(C4([2H])CCC(F)C4)ccc23)c2oc3ccccc3c2c1.[Ir]. The number of aliphatic hydroxyl groups is 1. The molecule has 3 fully saturated rings. The van der Waals surface area contributed by atoms with Crippen molar-refractivity contribution >= 4 is 38.5 Å². The molecule has 3 aromatic carbocycles. The van der Waals surface area contributed by atoms with Crippen LogP contribution in [-0.2, 0) is 24.9 Å². The van der Waals surface area contributed by atoms with Crippen LogP contribution in [0.1, 0.15) is 93.1 Å². The Morgan fingerprint density at radius 1 is 0.978 bits per heavy atom. The minimum Gasteiger partial charge on any atom is -0.512 e. The molecule has 4 nitrogen and oxygen atoms in total. The van der Waals surface area contributed by atoms with Gasteiger partial charge in [-0.05, 0) is 85.0 Å². The van der Waals surface area contributed by atoms with E-state index in [2.05, 4.69) is 11.1 Å². The number of ketones is 1. The van der Waals surface area contributed by atoms with E-state index in [9.17, 15) is 14.3 Å². The van der Waals surface area contributed by atoms with E-state index >= 15 is 0 Å². The van der Waals surface area contributed by atoms with Crippen LogP contribution >= 0.6 is 0 Å². The Hall–Kier alpha value is -3.34. The molecule has 3 aliphatic rings. The smallest absolute Gasteiger partial charge is 0.162 e. The maximum atomic E-state index is 13.9. The number of pyridine rings is 1. The Labute approximate surface area is 289 Å². The average Bonchev–Trinajstić information content (AvgIpc) is 3.91. The van der Waals surface area contributed by atoms with Crippen LogP contribution in [0.3, 0.4) is 0 Å². The number of carbonyl (C=O) groups is 1. The van der Waals surface area contributed by atoms with Crippen molar-refractivity contribution in [3.63, 3.8) is 0 Å². The van der Waals surface area contributed by atoms with Crippen LogP contribution in [0.4, 0.5) is 4.39 Å². The molecule has 0 spiro atoms. The van der Waals surface area contributed by atoms with E-state index in [4.69, 9.17) is 9.90 Å². The number of rotatable bonds is 5. The van der Waals surface area contributed by atoms with Crippen molar-refractivity contribution in [2.45, 2.75) is 89.5 Å². The Morgan fingerprint density at radius 2 is 1.74 bits per heavy atom. The number of aromatic nitrogens is 1. The fourth-order valence-corrected chi connectivity index (χ4v) is 7.41. The van der Waals surface area contributed by atoms with E-state index in [1.807, 2.05) is 48.5 Å². The van der Waals surface area contributed by atoms with E-state index in [1.54, 1.807) is 12.3 Å². The largest absolute Gasteiger partial charge is 0.512 e. The summed E-state index contributed by atoms with van der Waals surface area (Å²) < 4.78 is 52.8. The normalized spacial score (nSPS) is 23.8. The quantitative estimate of drug-likeness (QED) is 0.109. The summed E-state index contributed by atoms with van der Waals surface area (Å²) in [6.07, 6.45) is 12.2. The van der Waals surface area contributed by atoms with Crippen molar-refractivity contribution in [2.24, 2.45) is 11.8 Å². The molecule has 3 saturated carbocycles. The van der Waals surface area contributed by atoms with Crippen LogP contribution < -0.4 is 0 Å². The van der Waals surface area contributed by atoms with Crippen molar-refractivity contribution in [2.75, 3.05) is 0 Å². The summed E-state index contributed by atoms with van der Waals surface area (Å²) in [4.78, 5) is 16.4. The molecule has 241 valence electrons. The van der Waals surface area contributed by atoms with E-state index in [0.29, 0.717) is 46.4 Å². The Balaban J connectivity index is 0.000000227. The summed E-state index contributed by atoms with van der Waals surface area (Å²) in [7, 11) is 0. The molecule has 0 amide bonds. The molecule has 0 saturated heterocycles. The maximum absolute atomic E-state index is 13.9. The molecule has 2 unspecified atom stereocenters. The number of fused-ring (bicyclic) bond motifs is 4. The maximum Gasteiger partial charge on any atom is 0.162 e. The Morgan fingerprint density at radius 3 is 2.48 bits per heavy atom. The zero-order valence-electron chi connectivity index (χ0n) is 29.8. The topological polar surface area (TPSA) is 63.3 Å². The third kappa shape index (κ3) is 6.71. The minimum absolute atomic E-state index is 0. The Bertz CT molecular complexity index is 2050. The molecule has 2 aromatic heterocycles. The second-order valence-corrected chi connectivity index (χ2v) is 12.9. The van der Waals surface area contributed by atoms with Crippen LogP contribution in [0, 0.1) is 24.8 Å². The van der Waals surface area contributed by atoms with Gasteiger partial charge >= 0.3 is 0 Å². The Kier molecular flexibility index (Phi) is 8.56. The summed E-state index contributed by atoms with van der Waals surface area (Å²) in [6, 6.07) is 19.8. The van der Waals surface area contributed by atoms with Gasteiger partial charge in [0.2, 0.25) is 0 Å². The van der Waals surface area contributed by atoms with Crippen molar-refractivity contribution < 1.29 is 44.3 Å². The number of allylic oxidation sites excluding steroid dienone is 2. The second-order valence-electron chi connectivity index (χ2n) is 12.9. The van der Waals surface area contributed by atoms with Gasteiger partial charge in [0.05, 0.1) is 11.3 Å². The monoisotopic (exact) mass is 799 g/mol. The molecule has 2 heterocycles. The zero-order chi connectivity index (χ0) is 34.3. The number of hydrogen-bond donors (Lipinski definition) is 1. The van der Waals surface area contributed by atoms with Gasteiger partial charge in [0.25, 0.3) is 0 Å². The molecule has 8 rings (SSSR count). The second kappa shape index (κ2) is 14.2. The first-order valence-electron chi connectivity index (χ1n) is 18.4. The van der Waals surface area contributed by atoms with Crippen LogP contribution in [-0.4, -0.2) is 22.0 Å². The predicted octanol–water partition coefficient (Wildman–Crippen LogP) is 10.9. The van der Waals surface area contributed by atoms with E-state index in [0.717, 1.165) is 47.4 Å². The van der Waals surface area contributed by atoms with E-state index < -0.39 is 18.9 Å². The first-order valence-corrected chi connectivity index (χ1v) is 16.4. The summed E-state index contributed by atoms with van der Waals surface area (Å²) in [5.74, 6) is 0.0567. The third-order valence-corrected chi connectivity index (χ3v) is 9.87. The van der Waals surface area contributed by atoms with Gasteiger partial charge in [0.15, 0.2) is 5.78 Å². The van der Waals surface area contributed by atoms with Gasteiger partial charge < -0.3 is 14.5 Å². The fraction of sp³-hybridized carbons (Fsp3) is 0.400. The van der Waals surface area contributed by atoms with Crippen LogP contribution in [0.15, 0.2) is 77.0 Å². The van der Waals surface area contributed by atoms with Crippen molar-refractivity contribution in [3.05, 3.63) is 89.8 Å². The number of para-hydroxylation sites is 1. The van der Waals surface area contributed by atoms with Crippen LogP contribution in [0.2, 0.25) is 0 Å². The number of aliphatic hydroxyl groups excluding tert-OH is 1.